The van der Waals surface area contributed by atoms with E-state index < -0.39 is 36.9 Å². The molecule has 0 radical (unpaired) electrons. The molecule has 1 aromatic carbocycles. The summed E-state index contributed by atoms with van der Waals surface area (Å²) in [4.78, 5) is 0. The summed E-state index contributed by atoms with van der Waals surface area (Å²) in [5, 5.41) is 0. The third kappa shape index (κ3) is 22.9. The van der Waals surface area contributed by atoms with Crippen LogP contribution in [0.4, 0.5) is 0 Å². The maximum atomic E-state index is 7.89. The van der Waals surface area contributed by atoms with Crippen LogP contribution in [0.2, 0.25) is 17.7 Å². The molecule has 0 aromatic heterocycles. The molecule has 43 heavy (non-hydrogen) atoms. The summed E-state index contributed by atoms with van der Waals surface area (Å²) in [5.41, 5.74) is 0. The van der Waals surface area contributed by atoms with Gasteiger partial charge in [0, 0.05) is 0 Å². The molecule has 0 bridgehead atoms. The van der Waals surface area contributed by atoms with Crippen molar-refractivity contribution in [1.82, 2.24) is 0 Å². The van der Waals surface area contributed by atoms with E-state index in [0.29, 0.717) is 0 Å². The number of para-hydroxylation sites is 1. The number of halogens is 1. The average molecular weight is 835 g/mol. The Hall–Kier alpha value is 0.867. The van der Waals surface area contributed by atoms with Crippen LogP contribution in [0.15, 0.2) is 30.3 Å². The van der Waals surface area contributed by atoms with Crippen LogP contribution in [0.5, 0.6) is 5.75 Å². The predicted octanol–water partition coefficient (Wildman–Crippen LogP) is 14.6. The van der Waals surface area contributed by atoms with Crippen molar-refractivity contribution in [3.05, 3.63) is 30.3 Å². The fourth-order valence-electron chi connectivity index (χ4n) is 6.30. The number of benzene rings is 1. The van der Waals surface area contributed by atoms with Crippen molar-refractivity contribution in [3.8, 4) is 5.75 Å². The zero-order chi connectivity index (χ0) is 31.3. The first-order chi connectivity index (χ1) is 21.0. The summed E-state index contributed by atoms with van der Waals surface area (Å²) in [7, 11) is 7.89. The molecule has 0 fully saturated rings. The van der Waals surface area contributed by atoms with E-state index in [1.165, 1.54) is 172 Å². The van der Waals surface area contributed by atoms with Crippen molar-refractivity contribution in [3.63, 3.8) is 0 Å². The molecule has 0 atom stereocenters. The van der Waals surface area contributed by atoms with Crippen LogP contribution in [0, 0.1) is 0 Å². The van der Waals surface area contributed by atoms with E-state index >= 15 is 0 Å². The molecular weight excluding hydrogens is 761 g/mol. The van der Waals surface area contributed by atoms with E-state index in [1.54, 1.807) is 0 Å². The van der Waals surface area contributed by atoms with Crippen molar-refractivity contribution in [1.29, 1.82) is 0 Å². The van der Waals surface area contributed by atoms with Crippen molar-refractivity contribution in [2.75, 3.05) is 0 Å². The van der Waals surface area contributed by atoms with Crippen molar-refractivity contribution >= 4 is 45.8 Å². The van der Waals surface area contributed by atoms with E-state index in [0.717, 1.165) is 5.75 Å². The van der Waals surface area contributed by atoms with Crippen LogP contribution in [0.1, 0.15) is 182 Å². The summed E-state index contributed by atoms with van der Waals surface area (Å²) in [5.74, 6) is 1.04. The second-order valence-electron chi connectivity index (χ2n) is 13.4. The zero-order valence-electron chi connectivity index (χ0n) is 29.4. The van der Waals surface area contributed by atoms with E-state index in [2.05, 4.69) is 58.0 Å². The predicted molar refractivity (Wildman–Crippen MR) is 198 cm³/mol. The van der Waals surface area contributed by atoms with Gasteiger partial charge in [-0.1, -0.05) is 0 Å². The average Bonchev–Trinajstić information content (AvgIpc) is 3.01. The summed E-state index contributed by atoms with van der Waals surface area (Å²) in [6.07, 6.45) is 31.9. The molecule has 0 aliphatic carbocycles. The van der Waals surface area contributed by atoms with E-state index in [-0.39, 0.29) is 0 Å². The van der Waals surface area contributed by atoms with E-state index in [1.807, 2.05) is 0 Å². The molecule has 1 rings (SSSR count). The molecule has 0 spiro atoms. The van der Waals surface area contributed by atoms with Gasteiger partial charge in [0.15, 0.2) is 0 Å². The molecule has 0 aliphatic rings. The van der Waals surface area contributed by atoms with Gasteiger partial charge in [0.05, 0.1) is 0 Å². The van der Waals surface area contributed by atoms with Crippen molar-refractivity contribution < 1.29 is 4.49 Å². The number of hydrogen-bond acceptors (Lipinski definition) is 2. The van der Waals surface area contributed by atoms with Gasteiger partial charge in [-0.3, -0.25) is 0 Å². The molecular formula is C38H73ClO2Sn2. The Labute approximate surface area is 283 Å². The molecule has 2 nitrogen and oxygen atoms in total. The molecule has 0 N–H and O–H groups in total. The van der Waals surface area contributed by atoms with Gasteiger partial charge in [0.25, 0.3) is 0 Å². The molecule has 0 heterocycles. The van der Waals surface area contributed by atoms with Crippen LogP contribution in [0.25, 0.3) is 0 Å². The first kappa shape index (κ1) is 41.9. The minimum absolute atomic E-state index is 1.04. The first-order valence-corrected chi connectivity index (χ1v) is 34.3. The van der Waals surface area contributed by atoms with Gasteiger partial charge in [0.1, 0.15) is 0 Å². The Morgan fingerprint density at radius 2 is 0.767 bits per heavy atom. The Kier molecular flexibility index (Phi) is 28.3. The maximum absolute atomic E-state index is 7.89. The molecule has 0 aliphatic heterocycles. The molecule has 252 valence electrons. The van der Waals surface area contributed by atoms with Crippen molar-refractivity contribution in [2.24, 2.45) is 0 Å². The van der Waals surface area contributed by atoms with Gasteiger partial charge in [0.2, 0.25) is 0 Å². The van der Waals surface area contributed by atoms with E-state index in [9.17, 15) is 0 Å². The summed E-state index contributed by atoms with van der Waals surface area (Å²) < 4.78 is 19.7. The molecule has 1 aromatic rings. The zero-order valence-corrected chi connectivity index (χ0v) is 35.8. The van der Waals surface area contributed by atoms with Gasteiger partial charge in [-0.05, 0) is 0 Å². The van der Waals surface area contributed by atoms with Gasteiger partial charge < -0.3 is 0 Å². The number of unbranched alkanes of at least 4 members (excludes halogenated alkanes) is 20. The Balaban J connectivity index is 3.12. The fourth-order valence-corrected chi connectivity index (χ4v) is 51.6. The monoisotopic (exact) mass is 836 g/mol. The van der Waals surface area contributed by atoms with Gasteiger partial charge in [-0.2, -0.15) is 0 Å². The first-order valence-electron chi connectivity index (χ1n) is 19.2. The Morgan fingerprint density at radius 1 is 0.442 bits per heavy atom. The summed E-state index contributed by atoms with van der Waals surface area (Å²) in [6, 6.07) is 10.7. The standard InChI is InChI=1S/4C8H17.C6H6O.ClH.O.2Sn/c4*1-3-5-7-8-6-4-2;7-6-4-2-1-3-5-6;;;;/h4*1,3-8H2,2H3;1-5,7H;1H;;;/q;;;;;;;2*+1/p-2. The van der Waals surface area contributed by atoms with Gasteiger partial charge in [-0.15, -0.1) is 0 Å². The van der Waals surface area contributed by atoms with Crippen LogP contribution in [0.3, 0.4) is 0 Å². The van der Waals surface area contributed by atoms with Crippen molar-refractivity contribution in [2.45, 2.75) is 200 Å². The van der Waals surface area contributed by atoms with Crippen LogP contribution in [-0.2, 0) is 1.41 Å². The van der Waals surface area contributed by atoms with Crippen LogP contribution >= 0.6 is 8.92 Å². The topological polar surface area (TPSA) is 18.5 Å². The van der Waals surface area contributed by atoms with Gasteiger partial charge in [-0.25, -0.2) is 0 Å². The van der Waals surface area contributed by atoms with Gasteiger partial charge >= 0.3 is 286 Å². The van der Waals surface area contributed by atoms with E-state index in [4.69, 9.17) is 13.4 Å². The quantitative estimate of drug-likeness (QED) is 0.0532. The molecule has 5 heteroatoms. The van der Waals surface area contributed by atoms with Crippen LogP contribution < -0.4 is 3.07 Å². The molecule has 0 saturated carbocycles. The SMILES string of the molecule is CCCCCCC[CH2][Sn]([Cl])([CH2]CCCCCCC)[O][Sn]([CH2]CCCCCCC)([CH2]CCCCCCC)[O]c1ccccc1. The molecule has 0 unspecified atom stereocenters. The molecule has 0 amide bonds. The third-order valence-electron chi connectivity index (χ3n) is 9.05. The normalized spacial score (nSPS) is 12.2. The fraction of sp³-hybridized carbons (Fsp3) is 0.842. The Bertz CT molecular complexity index is 685. The number of hydrogen-bond donors (Lipinski definition) is 0. The minimum atomic E-state index is -3.50. The second kappa shape index (κ2) is 29.0. The molecule has 0 saturated heterocycles. The second-order valence-corrected chi connectivity index (χ2v) is 39.0. The van der Waals surface area contributed by atoms with Crippen LogP contribution in [-0.4, -0.2) is 36.9 Å². The number of rotatable bonds is 32. The Morgan fingerprint density at radius 3 is 1.14 bits per heavy atom. The third-order valence-corrected chi connectivity index (χ3v) is 45.7. The summed E-state index contributed by atoms with van der Waals surface area (Å²) in [6.45, 7) is 9.23. The summed E-state index contributed by atoms with van der Waals surface area (Å²) >= 11 is -6.84.